The van der Waals surface area contributed by atoms with E-state index in [0.717, 1.165) is 5.75 Å². The van der Waals surface area contributed by atoms with Gasteiger partial charge in [-0.1, -0.05) is 18.2 Å². The monoisotopic (exact) mass is 339 g/mol. The predicted octanol–water partition coefficient (Wildman–Crippen LogP) is 4.93. The van der Waals surface area contributed by atoms with Gasteiger partial charge >= 0.3 is 0 Å². The summed E-state index contributed by atoms with van der Waals surface area (Å²) >= 11 is 5.27. The van der Waals surface area contributed by atoms with Gasteiger partial charge < -0.3 is 10.1 Å². The third kappa shape index (κ3) is 3.59. The number of rotatable bonds is 5. The molecule has 0 bridgehead atoms. The van der Waals surface area contributed by atoms with E-state index in [2.05, 4.69) is 53.3 Å². The van der Waals surface area contributed by atoms with Crippen LogP contribution in [-0.2, 0) is 0 Å². The molecule has 4 heteroatoms. The minimum atomic E-state index is 0.243. The van der Waals surface area contributed by atoms with Gasteiger partial charge in [-0.2, -0.15) is 0 Å². The number of methoxy groups -OCH3 is 1. The lowest BCUT2D eigenvalue weighted by molar-refractivity contribution is 0.397. The van der Waals surface area contributed by atoms with E-state index >= 15 is 0 Å². The van der Waals surface area contributed by atoms with Crippen LogP contribution in [0.1, 0.15) is 36.4 Å². The van der Waals surface area contributed by atoms with Gasteiger partial charge in [0.2, 0.25) is 0 Å². The van der Waals surface area contributed by atoms with Crippen molar-refractivity contribution in [3.05, 3.63) is 50.6 Å². The van der Waals surface area contributed by atoms with Gasteiger partial charge in [0, 0.05) is 22.5 Å². The number of thiophene rings is 1. The summed E-state index contributed by atoms with van der Waals surface area (Å²) in [4.78, 5) is 1.33. The lowest BCUT2D eigenvalue weighted by Crippen LogP contribution is -2.22. The molecule has 0 radical (unpaired) electrons. The van der Waals surface area contributed by atoms with E-state index in [4.69, 9.17) is 4.74 Å². The SMILES string of the molecule is COc1ccccc1C(C)NC(C)c1ccc(Br)s1. The summed E-state index contributed by atoms with van der Waals surface area (Å²) in [7, 11) is 1.71. The van der Waals surface area contributed by atoms with Crippen LogP contribution in [0.3, 0.4) is 0 Å². The predicted molar refractivity (Wildman–Crippen MR) is 85.0 cm³/mol. The Labute approximate surface area is 126 Å². The Morgan fingerprint density at radius 2 is 1.84 bits per heavy atom. The van der Waals surface area contributed by atoms with Crippen LogP contribution in [0.2, 0.25) is 0 Å². The van der Waals surface area contributed by atoms with Crippen molar-refractivity contribution < 1.29 is 4.74 Å². The second-order valence-corrected chi connectivity index (χ2v) is 6.99. The van der Waals surface area contributed by atoms with Crippen molar-refractivity contribution in [1.29, 1.82) is 0 Å². The molecule has 0 aliphatic heterocycles. The molecule has 0 saturated carbocycles. The molecule has 1 N–H and O–H groups in total. The lowest BCUT2D eigenvalue weighted by Gasteiger charge is -2.21. The number of halogens is 1. The Kier molecular flexibility index (Phi) is 5.02. The summed E-state index contributed by atoms with van der Waals surface area (Å²) < 4.78 is 6.58. The first-order valence-corrected chi connectivity index (χ1v) is 7.87. The Morgan fingerprint density at radius 3 is 2.47 bits per heavy atom. The topological polar surface area (TPSA) is 21.3 Å². The van der Waals surface area contributed by atoms with Crippen LogP contribution in [0, 0.1) is 0 Å². The van der Waals surface area contributed by atoms with Gasteiger partial charge in [0.1, 0.15) is 5.75 Å². The van der Waals surface area contributed by atoms with Gasteiger partial charge in [-0.05, 0) is 48.0 Å². The zero-order valence-corrected chi connectivity index (χ0v) is 13.7. The summed E-state index contributed by atoms with van der Waals surface area (Å²) in [5.41, 5.74) is 1.19. The first-order valence-electron chi connectivity index (χ1n) is 6.26. The summed E-state index contributed by atoms with van der Waals surface area (Å²) in [6.07, 6.45) is 0. The molecule has 1 aromatic heterocycles. The van der Waals surface area contributed by atoms with Gasteiger partial charge in [0.15, 0.2) is 0 Å². The highest BCUT2D eigenvalue weighted by Gasteiger charge is 2.15. The Morgan fingerprint density at radius 1 is 1.11 bits per heavy atom. The van der Waals surface area contributed by atoms with Crippen molar-refractivity contribution in [2.45, 2.75) is 25.9 Å². The van der Waals surface area contributed by atoms with E-state index in [1.54, 1.807) is 18.4 Å². The van der Waals surface area contributed by atoms with Gasteiger partial charge in [0.05, 0.1) is 10.9 Å². The normalized spacial score (nSPS) is 14.1. The molecule has 2 atom stereocenters. The molecule has 2 unspecified atom stereocenters. The summed E-state index contributed by atoms with van der Waals surface area (Å²) in [5, 5.41) is 3.61. The van der Waals surface area contributed by atoms with Crippen LogP contribution in [0.15, 0.2) is 40.2 Å². The van der Waals surface area contributed by atoms with Crippen LogP contribution in [-0.4, -0.2) is 7.11 Å². The Hall–Kier alpha value is -0.840. The highest BCUT2D eigenvalue weighted by molar-refractivity contribution is 9.11. The van der Waals surface area contributed by atoms with Crippen molar-refractivity contribution in [3.63, 3.8) is 0 Å². The Balaban J connectivity index is 2.10. The number of nitrogens with one attached hydrogen (secondary N) is 1. The standard InChI is InChI=1S/C15H18BrNOS/c1-10(12-6-4-5-7-13(12)18-3)17-11(2)14-8-9-15(16)19-14/h4-11,17H,1-3H3. The van der Waals surface area contributed by atoms with Crippen LogP contribution in [0.5, 0.6) is 5.75 Å². The maximum atomic E-state index is 5.41. The molecule has 0 aliphatic rings. The van der Waals surface area contributed by atoms with E-state index in [-0.39, 0.29) is 6.04 Å². The van der Waals surface area contributed by atoms with Crippen molar-refractivity contribution in [3.8, 4) is 5.75 Å². The molecule has 0 fully saturated rings. The van der Waals surface area contributed by atoms with E-state index in [1.165, 1.54) is 14.2 Å². The lowest BCUT2D eigenvalue weighted by atomic mass is 10.1. The van der Waals surface area contributed by atoms with E-state index < -0.39 is 0 Å². The number of hydrogen-bond donors (Lipinski definition) is 1. The second-order valence-electron chi connectivity index (χ2n) is 4.49. The summed E-state index contributed by atoms with van der Waals surface area (Å²) in [6.45, 7) is 4.35. The van der Waals surface area contributed by atoms with Crippen molar-refractivity contribution in [1.82, 2.24) is 5.32 Å². The fourth-order valence-electron chi connectivity index (χ4n) is 2.13. The zero-order valence-electron chi connectivity index (χ0n) is 11.3. The minimum Gasteiger partial charge on any atom is -0.496 e. The largest absolute Gasteiger partial charge is 0.496 e. The smallest absolute Gasteiger partial charge is 0.123 e. The molecule has 2 aromatic rings. The minimum absolute atomic E-state index is 0.243. The molecular weight excluding hydrogens is 322 g/mol. The highest BCUT2D eigenvalue weighted by atomic mass is 79.9. The average Bonchev–Trinajstić information content (AvgIpc) is 2.85. The molecule has 2 rings (SSSR count). The molecule has 2 nitrogen and oxygen atoms in total. The molecule has 0 spiro atoms. The first kappa shape index (κ1) is 14.6. The summed E-state index contributed by atoms with van der Waals surface area (Å²) in [5.74, 6) is 0.932. The quantitative estimate of drug-likeness (QED) is 0.833. The van der Waals surface area contributed by atoms with E-state index in [1.807, 2.05) is 18.2 Å². The fraction of sp³-hybridized carbons (Fsp3) is 0.333. The number of ether oxygens (including phenoxy) is 1. The highest BCUT2D eigenvalue weighted by Crippen LogP contribution is 2.30. The molecular formula is C15H18BrNOS. The van der Waals surface area contributed by atoms with Gasteiger partial charge in [-0.15, -0.1) is 11.3 Å². The molecule has 1 aromatic carbocycles. The number of benzene rings is 1. The first-order chi connectivity index (χ1) is 9.11. The zero-order chi connectivity index (χ0) is 13.8. The molecule has 102 valence electrons. The maximum Gasteiger partial charge on any atom is 0.123 e. The molecule has 0 saturated heterocycles. The number of hydrogen-bond acceptors (Lipinski definition) is 3. The third-order valence-corrected chi connectivity index (χ3v) is 4.93. The van der Waals surface area contributed by atoms with E-state index in [9.17, 15) is 0 Å². The van der Waals surface area contributed by atoms with Crippen LogP contribution < -0.4 is 10.1 Å². The second kappa shape index (κ2) is 6.55. The van der Waals surface area contributed by atoms with Crippen molar-refractivity contribution >= 4 is 27.3 Å². The van der Waals surface area contributed by atoms with Crippen molar-refractivity contribution in [2.75, 3.05) is 7.11 Å². The van der Waals surface area contributed by atoms with Gasteiger partial charge in [0.25, 0.3) is 0 Å². The third-order valence-electron chi connectivity index (χ3n) is 3.13. The molecule has 19 heavy (non-hydrogen) atoms. The van der Waals surface area contributed by atoms with Crippen LogP contribution in [0.25, 0.3) is 0 Å². The summed E-state index contributed by atoms with van der Waals surface area (Å²) in [6, 6.07) is 12.9. The molecule has 0 aliphatic carbocycles. The van der Waals surface area contributed by atoms with Crippen LogP contribution >= 0.6 is 27.3 Å². The Bertz CT molecular complexity index is 540. The van der Waals surface area contributed by atoms with Gasteiger partial charge in [-0.3, -0.25) is 0 Å². The fourth-order valence-corrected chi connectivity index (χ4v) is 3.57. The van der Waals surface area contributed by atoms with E-state index in [0.29, 0.717) is 6.04 Å². The maximum absolute atomic E-state index is 5.41. The average molecular weight is 340 g/mol. The van der Waals surface area contributed by atoms with Crippen molar-refractivity contribution in [2.24, 2.45) is 0 Å². The molecule has 0 amide bonds. The van der Waals surface area contributed by atoms with Gasteiger partial charge in [-0.25, -0.2) is 0 Å². The van der Waals surface area contributed by atoms with Crippen LogP contribution in [0.4, 0.5) is 0 Å². The number of para-hydroxylation sites is 1. The molecule has 1 heterocycles.